The van der Waals surface area contributed by atoms with Gasteiger partial charge in [0.1, 0.15) is 6.54 Å². The van der Waals surface area contributed by atoms with Crippen molar-refractivity contribution in [2.45, 2.75) is 40.2 Å². The molecular formula is C16H20N2O3. The number of carbonyl (C=O) groups excluding carboxylic acids is 3. The van der Waals surface area contributed by atoms with Gasteiger partial charge >= 0.3 is 0 Å². The van der Waals surface area contributed by atoms with Gasteiger partial charge in [0.25, 0.3) is 11.7 Å². The number of hydrogen-bond acceptors (Lipinski definition) is 3. The fourth-order valence-corrected chi connectivity index (χ4v) is 2.39. The number of anilines is 1. The Hall–Kier alpha value is -2.17. The van der Waals surface area contributed by atoms with E-state index >= 15 is 0 Å². The van der Waals surface area contributed by atoms with Crippen LogP contribution in [0.15, 0.2) is 12.1 Å². The van der Waals surface area contributed by atoms with Gasteiger partial charge in [-0.15, -0.1) is 0 Å². The first-order valence-corrected chi connectivity index (χ1v) is 7.12. The lowest BCUT2D eigenvalue weighted by Gasteiger charge is -2.20. The second kappa shape index (κ2) is 5.68. The molecule has 1 unspecified atom stereocenters. The third-order valence-electron chi connectivity index (χ3n) is 3.98. The number of carbonyl (C=O) groups is 3. The van der Waals surface area contributed by atoms with Gasteiger partial charge in [-0.05, 0) is 44.4 Å². The maximum Gasteiger partial charge on any atom is 0.299 e. The molecule has 5 heteroatoms. The van der Waals surface area contributed by atoms with Gasteiger partial charge in [-0.1, -0.05) is 13.0 Å². The summed E-state index contributed by atoms with van der Waals surface area (Å²) < 4.78 is 0. The van der Waals surface area contributed by atoms with E-state index in [0.717, 1.165) is 17.5 Å². The van der Waals surface area contributed by atoms with E-state index in [0.29, 0.717) is 11.3 Å². The predicted molar refractivity (Wildman–Crippen MR) is 80.5 cm³/mol. The average molecular weight is 288 g/mol. The molecule has 0 radical (unpaired) electrons. The normalized spacial score (nSPS) is 15.1. The molecule has 1 N–H and O–H groups in total. The molecule has 0 fully saturated rings. The molecule has 2 rings (SSSR count). The van der Waals surface area contributed by atoms with Crippen LogP contribution in [-0.4, -0.2) is 30.2 Å². The third kappa shape index (κ3) is 2.68. The zero-order valence-electron chi connectivity index (χ0n) is 12.8. The zero-order chi connectivity index (χ0) is 15.7. The molecule has 21 heavy (non-hydrogen) atoms. The molecule has 0 saturated carbocycles. The highest BCUT2D eigenvalue weighted by Crippen LogP contribution is 2.33. The molecule has 0 aromatic heterocycles. The highest BCUT2D eigenvalue weighted by molar-refractivity contribution is 6.52. The molecule has 0 bridgehead atoms. The summed E-state index contributed by atoms with van der Waals surface area (Å²) in [5, 5.41) is 2.81. The molecule has 1 aromatic rings. The quantitative estimate of drug-likeness (QED) is 0.858. The highest BCUT2D eigenvalue weighted by atomic mass is 16.2. The summed E-state index contributed by atoms with van der Waals surface area (Å²) in [4.78, 5) is 37.4. The van der Waals surface area contributed by atoms with Gasteiger partial charge in [0.2, 0.25) is 5.91 Å². The Balaban J connectivity index is 2.30. The van der Waals surface area contributed by atoms with E-state index in [1.165, 1.54) is 4.90 Å². The first-order valence-electron chi connectivity index (χ1n) is 7.12. The van der Waals surface area contributed by atoms with E-state index in [2.05, 4.69) is 5.32 Å². The second-order valence-electron chi connectivity index (χ2n) is 5.50. The molecule has 1 heterocycles. The molecule has 112 valence electrons. The van der Waals surface area contributed by atoms with E-state index in [9.17, 15) is 14.4 Å². The molecule has 1 aromatic carbocycles. The number of aryl methyl sites for hydroxylation is 1. The molecule has 1 atom stereocenters. The van der Waals surface area contributed by atoms with Crippen molar-refractivity contribution in [2.75, 3.05) is 11.4 Å². The van der Waals surface area contributed by atoms with Crippen molar-refractivity contribution in [3.8, 4) is 0 Å². The van der Waals surface area contributed by atoms with Crippen LogP contribution < -0.4 is 10.2 Å². The largest absolute Gasteiger partial charge is 0.352 e. The van der Waals surface area contributed by atoms with Crippen LogP contribution >= 0.6 is 0 Å². The molecule has 5 nitrogen and oxygen atoms in total. The topological polar surface area (TPSA) is 66.5 Å². The van der Waals surface area contributed by atoms with Crippen molar-refractivity contribution in [3.63, 3.8) is 0 Å². The maximum atomic E-state index is 12.1. The minimum Gasteiger partial charge on any atom is -0.352 e. The molecule has 0 spiro atoms. The lowest BCUT2D eigenvalue weighted by atomic mass is 10.0. The summed E-state index contributed by atoms with van der Waals surface area (Å²) >= 11 is 0. The number of benzene rings is 1. The zero-order valence-corrected chi connectivity index (χ0v) is 12.8. The van der Waals surface area contributed by atoms with Gasteiger partial charge < -0.3 is 5.32 Å². The standard InChI is InChI=1S/C16H20N2O3/c1-5-10(3)17-13(19)8-18-14-11(4)9(2)6-7-12(14)15(20)16(18)21/h6-7,10H,5,8H2,1-4H3,(H,17,19). The highest BCUT2D eigenvalue weighted by Gasteiger charge is 2.38. The predicted octanol–water partition coefficient (Wildman–Crippen LogP) is 1.75. The summed E-state index contributed by atoms with van der Waals surface area (Å²) in [7, 11) is 0. The van der Waals surface area contributed by atoms with Gasteiger partial charge in [-0.3, -0.25) is 19.3 Å². The Morgan fingerprint density at radius 3 is 2.57 bits per heavy atom. The fraction of sp³-hybridized carbons (Fsp3) is 0.438. The van der Waals surface area contributed by atoms with E-state index in [1.54, 1.807) is 6.07 Å². The Morgan fingerprint density at radius 2 is 1.95 bits per heavy atom. The average Bonchev–Trinajstić information content (AvgIpc) is 2.68. The molecule has 0 saturated heterocycles. The van der Waals surface area contributed by atoms with Crippen LogP contribution in [-0.2, 0) is 9.59 Å². The van der Waals surface area contributed by atoms with E-state index in [4.69, 9.17) is 0 Å². The molecular weight excluding hydrogens is 268 g/mol. The lowest BCUT2D eigenvalue weighted by Crippen LogP contribution is -2.43. The molecule has 1 aliphatic heterocycles. The number of nitrogens with zero attached hydrogens (tertiary/aromatic N) is 1. The van der Waals surface area contributed by atoms with Crippen LogP contribution in [0.5, 0.6) is 0 Å². The van der Waals surface area contributed by atoms with Crippen LogP contribution in [0.25, 0.3) is 0 Å². The number of Topliss-reactive ketones (excluding diaryl/α,β-unsaturated/α-hetero) is 1. The van der Waals surface area contributed by atoms with Gasteiger partial charge in [0.05, 0.1) is 11.3 Å². The molecule has 1 aliphatic rings. The Morgan fingerprint density at radius 1 is 1.29 bits per heavy atom. The number of amides is 2. The minimum atomic E-state index is -0.627. The molecule has 0 aliphatic carbocycles. The maximum absolute atomic E-state index is 12.1. The van der Waals surface area contributed by atoms with Crippen LogP contribution in [0, 0.1) is 13.8 Å². The second-order valence-corrected chi connectivity index (χ2v) is 5.50. The van der Waals surface area contributed by atoms with Crippen molar-refractivity contribution in [1.29, 1.82) is 0 Å². The number of rotatable bonds is 4. The van der Waals surface area contributed by atoms with E-state index < -0.39 is 11.7 Å². The Kier molecular flexibility index (Phi) is 4.11. The lowest BCUT2D eigenvalue weighted by molar-refractivity contribution is -0.122. The van der Waals surface area contributed by atoms with Crippen molar-refractivity contribution in [2.24, 2.45) is 0 Å². The van der Waals surface area contributed by atoms with Crippen LogP contribution in [0.2, 0.25) is 0 Å². The van der Waals surface area contributed by atoms with Gasteiger partial charge in [-0.25, -0.2) is 0 Å². The first-order chi connectivity index (χ1) is 9.86. The molecule has 2 amide bonds. The minimum absolute atomic E-state index is 0.0454. The Bertz CT molecular complexity index is 622. The number of hydrogen-bond donors (Lipinski definition) is 1. The van der Waals surface area contributed by atoms with Crippen molar-refractivity contribution >= 4 is 23.3 Å². The van der Waals surface area contributed by atoms with Crippen LogP contribution in [0.1, 0.15) is 41.8 Å². The first kappa shape index (κ1) is 15.2. The van der Waals surface area contributed by atoms with Crippen LogP contribution in [0.3, 0.4) is 0 Å². The van der Waals surface area contributed by atoms with Gasteiger partial charge in [-0.2, -0.15) is 0 Å². The Labute approximate surface area is 124 Å². The summed E-state index contributed by atoms with van der Waals surface area (Å²) in [6.45, 7) is 7.53. The van der Waals surface area contributed by atoms with E-state index in [1.807, 2.05) is 33.8 Å². The van der Waals surface area contributed by atoms with Crippen LogP contribution in [0.4, 0.5) is 5.69 Å². The van der Waals surface area contributed by atoms with Crippen molar-refractivity contribution in [1.82, 2.24) is 5.32 Å². The van der Waals surface area contributed by atoms with Gasteiger partial charge in [0.15, 0.2) is 0 Å². The van der Waals surface area contributed by atoms with Gasteiger partial charge in [0, 0.05) is 6.04 Å². The monoisotopic (exact) mass is 288 g/mol. The van der Waals surface area contributed by atoms with E-state index in [-0.39, 0.29) is 18.5 Å². The third-order valence-corrected chi connectivity index (χ3v) is 3.98. The van der Waals surface area contributed by atoms with Crippen molar-refractivity contribution < 1.29 is 14.4 Å². The smallest absolute Gasteiger partial charge is 0.299 e. The summed E-state index contributed by atoms with van der Waals surface area (Å²) in [6.07, 6.45) is 0.813. The summed E-state index contributed by atoms with van der Waals surface area (Å²) in [6, 6.07) is 3.52. The summed E-state index contributed by atoms with van der Waals surface area (Å²) in [5.74, 6) is -1.42. The number of ketones is 1. The SMILES string of the molecule is CCC(C)NC(=O)CN1C(=O)C(=O)c2ccc(C)c(C)c21. The van der Waals surface area contributed by atoms with Crippen molar-refractivity contribution in [3.05, 3.63) is 28.8 Å². The number of nitrogens with one attached hydrogen (secondary N) is 1. The number of fused-ring (bicyclic) bond motifs is 1. The summed E-state index contributed by atoms with van der Waals surface area (Å²) in [5.41, 5.74) is 2.82. The fourth-order valence-electron chi connectivity index (χ4n) is 2.39.